The molecule has 110 valence electrons. The van der Waals surface area contributed by atoms with Crippen molar-refractivity contribution in [2.75, 3.05) is 7.05 Å². The van der Waals surface area contributed by atoms with E-state index in [9.17, 15) is 14.0 Å². The van der Waals surface area contributed by atoms with Crippen molar-refractivity contribution in [1.82, 2.24) is 10.2 Å². The summed E-state index contributed by atoms with van der Waals surface area (Å²) in [5.41, 5.74) is -0.465. The van der Waals surface area contributed by atoms with Gasteiger partial charge in [0.25, 0.3) is 0 Å². The van der Waals surface area contributed by atoms with E-state index in [-0.39, 0.29) is 18.8 Å². The van der Waals surface area contributed by atoms with Gasteiger partial charge in [-0.25, -0.2) is 9.18 Å². The predicted octanol–water partition coefficient (Wildman–Crippen LogP) is 2.22. The van der Waals surface area contributed by atoms with Crippen molar-refractivity contribution in [2.24, 2.45) is 0 Å². The molecule has 0 fully saturated rings. The lowest BCUT2D eigenvalue weighted by molar-refractivity contribution is -0.138. The van der Waals surface area contributed by atoms with Crippen LogP contribution in [0.3, 0.4) is 0 Å². The summed E-state index contributed by atoms with van der Waals surface area (Å²) in [4.78, 5) is 24.0. The fourth-order valence-corrected chi connectivity index (χ4v) is 1.76. The van der Waals surface area contributed by atoms with Gasteiger partial charge in [-0.05, 0) is 19.9 Å². The standard InChI is InChI=1S/C14H19FN2O3/c1-14(2,8-12(18)19)16-13(20)17(3)9-10-6-4-5-7-11(10)15/h4-7H,8-9H2,1-3H3,(H,16,20)(H,18,19). The molecule has 0 spiro atoms. The zero-order valence-corrected chi connectivity index (χ0v) is 11.8. The van der Waals surface area contributed by atoms with Gasteiger partial charge in [0.1, 0.15) is 5.82 Å². The first-order chi connectivity index (χ1) is 9.21. The number of hydrogen-bond acceptors (Lipinski definition) is 2. The number of nitrogens with one attached hydrogen (secondary N) is 1. The van der Waals surface area contributed by atoms with Gasteiger partial charge in [0.15, 0.2) is 0 Å². The van der Waals surface area contributed by atoms with Gasteiger partial charge in [-0.2, -0.15) is 0 Å². The van der Waals surface area contributed by atoms with Crippen molar-refractivity contribution in [1.29, 1.82) is 0 Å². The number of benzene rings is 1. The number of carboxylic acid groups (broad SMARTS) is 1. The molecule has 0 heterocycles. The molecule has 0 aromatic heterocycles. The third-order valence-corrected chi connectivity index (χ3v) is 2.75. The molecule has 20 heavy (non-hydrogen) atoms. The number of carbonyl (C=O) groups is 2. The molecule has 0 unspecified atom stereocenters. The molecule has 5 nitrogen and oxygen atoms in total. The summed E-state index contributed by atoms with van der Waals surface area (Å²) in [5.74, 6) is -1.37. The van der Waals surface area contributed by atoms with Crippen LogP contribution in [0.5, 0.6) is 0 Å². The minimum atomic E-state index is -0.993. The molecule has 0 saturated carbocycles. The smallest absolute Gasteiger partial charge is 0.317 e. The number of rotatable bonds is 5. The van der Waals surface area contributed by atoms with E-state index in [1.54, 1.807) is 32.0 Å². The van der Waals surface area contributed by atoms with Crippen LogP contribution < -0.4 is 5.32 Å². The quantitative estimate of drug-likeness (QED) is 0.870. The van der Waals surface area contributed by atoms with Gasteiger partial charge < -0.3 is 15.3 Å². The van der Waals surface area contributed by atoms with Crippen LogP contribution >= 0.6 is 0 Å². The first kappa shape index (κ1) is 15.9. The van der Waals surface area contributed by atoms with Gasteiger partial charge in [-0.3, -0.25) is 4.79 Å². The second-order valence-electron chi connectivity index (χ2n) is 5.33. The molecule has 0 radical (unpaired) electrons. The highest BCUT2D eigenvalue weighted by atomic mass is 19.1. The normalized spacial score (nSPS) is 11.0. The molecular weight excluding hydrogens is 263 g/mol. The Morgan fingerprint density at radius 2 is 1.95 bits per heavy atom. The second-order valence-corrected chi connectivity index (χ2v) is 5.33. The first-order valence-electron chi connectivity index (χ1n) is 6.20. The van der Waals surface area contributed by atoms with E-state index in [1.165, 1.54) is 18.0 Å². The van der Waals surface area contributed by atoms with Crippen LogP contribution in [0.25, 0.3) is 0 Å². The fourth-order valence-electron chi connectivity index (χ4n) is 1.76. The van der Waals surface area contributed by atoms with Crippen LogP contribution in [0, 0.1) is 5.82 Å². The van der Waals surface area contributed by atoms with Crippen LogP contribution in [0.2, 0.25) is 0 Å². The minimum absolute atomic E-state index is 0.113. The van der Waals surface area contributed by atoms with Gasteiger partial charge in [0.2, 0.25) is 0 Å². The summed E-state index contributed by atoms with van der Waals surface area (Å²) in [6.07, 6.45) is -0.188. The Kier molecular flexibility index (Phi) is 5.07. The van der Waals surface area contributed by atoms with Crippen molar-refractivity contribution in [2.45, 2.75) is 32.4 Å². The molecule has 0 atom stereocenters. The Labute approximate surface area is 117 Å². The lowest BCUT2D eigenvalue weighted by Gasteiger charge is -2.28. The maximum atomic E-state index is 13.5. The molecule has 0 aliphatic carbocycles. The molecule has 1 rings (SSSR count). The van der Waals surface area contributed by atoms with Crippen LogP contribution in [0.1, 0.15) is 25.8 Å². The van der Waals surface area contributed by atoms with Gasteiger partial charge in [0.05, 0.1) is 6.42 Å². The SMILES string of the molecule is CN(Cc1ccccc1F)C(=O)NC(C)(C)CC(=O)O. The predicted molar refractivity (Wildman–Crippen MR) is 72.7 cm³/mol. The molecule has 6 heteroatoms. The zero-order chi connectivity index (χ0) is 15.3. The van der Waals surface area contributed by atoms with E-state index in [1.807, 2.05) is 0 Å². The van der Waals surface area contributed by atoms with Crippen LogP contribution in [-0.2, 0) is 11.3 Å². The average Bonchev–Trinajstić information content (AvgIpc) is 2.29. The number of hydrogen-bond donors (Lipinski definition) is 2. The minimum Gasteiger partial charge on any atom is -0.481 e. The molecule has 1 aromatic carbocycles. The molecule has 1 aromatic rings. The van der Waals surface area contributed by atoms with Crippen LogP contribution in [0.4, 0.5) is 9.18 Å². The third-order valence-electron chi connectivity index (χ3n) is 2.75. The highest BCUT2D eigenvalue weighted by Gasteiger charge is 2.25. The molecule has 0 aliphatic heterocycles. The van der Waals surface area contributed by atoms with Crippen molar-refractivity contribution < 1.29 is 19.1 Å². The Balaban J connectivity index is 2.64. The van der Waals surface area contributed by atoms with Gasteiger partial charge in [-0.15, -0.1) is 0 Å². The van der Waals surface area contributed by atoms with Crippen molar-refractivity contribution in [3.63, 3.8) is 0 Å². The van der Waals surface area contributed by atoms with Gasteiger partial charge >= 0.3 is 12.0 Å². The average molecular weight is 282 g/mol. The largest absolute Gasteiger partial charge is 0.481 e. The molecule has 0 bridgehead atoms. The number of amides is 2. The lowest BCUT2D eigenvalue weighted by Crippen LogP contribution is -2.49. The Hall–Kier alpha value is -2.11. The van der Waals surface area contributed by atoms with Crippen molar-refractivity contribution in [3.05, 3.63) is 35.6 Å². The van der Waals surface area contributed by atoms with Crippen molar-refractivity contribution in [3.8, 4) is 0 Å². The zero-order valence-electron chi connectivity index (χ0n) is 11.8. The topological polar surface area (TPSA) is 69.6 Å². The van der Waals surface area contributed by atoms with Crippen molar-refractivity contribution >= 4 is 12.0 Å². The number of carbonyl (C=O) groups excluding carboxylic acids is 1. The van der Waals surface area contributed by atoms with Gasteiger partial charge in [0, 0.05) is 24.7 Å². The number of halogens is 1. The number of urea groups is 1. The number of aliphatic carboxylic acids is 1. The van der Waals surface area contributed by atoms with E-state index >= 15 is 0 Å². The van der Waals surface area contributed by atoms with Crippen LogP contribution in [-0.4, -0.2) is 34.6 Å². The maximum Gasteiger partial charge on any atom is 0.317 e. The maximum absolute atomic E-state index is 13.5. The number of nitrogens with zero attached hydrogens (tertiary/aromatic N) is 1. The summed E-state index contributed by atoms with van der Waals surface area (Å²) in [5, 5.41) is 11.4. The van der Waals surface area contributed by atoms with E-state index in [4.69, 9.17) is 5.11 Å². The Morgan fingerprint density at radius 3 is 2.50 bits per heavy atom. The lowest BCUT2D eigenvalue weighted by atomic mass is 10.0. The van der Waals surface area contributed by atoms with Gasteiger partial charge in [-0.1, -0.05) is 18.2 Å². The number of carboxylic acids is 1. The summed E-state index contributed by atoms with van der Waals surface area (Å²) in [6.45, 7) is 3.35. The molecule has 2 N–H and O–H groups in total. The van der Waals surface area contributed by atoms with E-state index < -0.39 is 17.5 Å². The Bertz CT molecular complexity index is 503. The second kappa shape index (κ2) is 6.36. The molecule has 0 aliphatic rings. The van der Waals surface area contributed by atoms with E-state index in [0.717, 1.165) is 0 Å². The molecule has 0 saturated heterocycles. The Morgan fingerprint density at radius 1 is 1.35 bits per heavy atom. The summed E-state index contributed by atoms with van der Waals surface area (Å²) in [7, 11) is 1.53. The first-order valence-corrected chi connectivity index (χ1v) is 6.20. The van der Waals surface area contributed by atoms with Crippen LogP contribution in [0.15, 0.2) is 24.3 Å². The monoisotopic (exact) mass is 282 g/mol. The summed E-state index contributed by atoms with van der Waals surface area (Å²) < 4.78 is 13.5. The highest BCUT2D eigenvalue weighted by molar-refractivity contribution is 5.76. The molecular formula is C14H19FN2O3. The molecule has 2 amide bonds. The third kappa shape index (κ3) is 4.87. The summed E-state index contributed by atoms with van der Waals surface area (Å²) in [6, 6.07) is 5.75. The summed E-state index contributed by atoms with van der Waals surface area (Å²) >= 11 is 0. The highest BCUT2D eigenvalue weighted by Crippen LogP contribution is 2.12. The fraction of sp³-hybridized carbons (Fsp3) is 0.429. The van der Waals surface area contributed by atoms with E-state index in [0.29, 0.717) is 5.56 Å². The van der Waals surface area contributed by atoms with E-state index in [2.05, 4.69) is 5.32 Å².